The van der Waals surface area contributed by atoms with Crippen molar-refractivity contribution in [1.29, 1.82) is 0 Å². The molecule has 0 bridgehead atoms. The molecule has 1 aromatic heterocycles. The Morgan fingerprint density at radius 3 is 2.67 bits per heavy atom. The smallest absolute Gasteiger partial charge is 0.330 e. The van der Waals surface area contributed by atoms with Gasteiger partial charge in [0, 0.05) is 32.7 Å². The zero-order valence-corrected chi connectivity index (χ0v) is 15.6. The monoisotopic (exact) mass is 382 g/mol. The first-order chi connectivity index (χ1) is 13.0. The first kappa shape index (κ1) is 18.8. The summed E-state index contributed by atoms with van der Waals surface area (Å²) in [7, 11) is 0. The van der Waals surface area contributed by atoms with Crippen LogP contribution in [0.25, 0.3) is 20.2 Å². The predicted octanol–water partition coefficient (Wildman–Crippen LogP) is 4.22. The topological polar surface area (TPSA) is 69.7 Å². The van der Waals surface area contributed by atoms with Gasteiger partial charge in [0.15, 0.2) is 5.43 Å². The Bertz CT molecular complexity index is 1080. The molecule has 1 heterocycles. The van der Waals surface area contributed by atoms with E-state index in [0.717, 1.165) is 15.5 Å². The van der Waals surface area contributed by atoms with Gasteiger partial charge in [-0.3, -0.25) is 9.59 Å². The summed E-state index contributed by atoms with van der Waals surface area (Å²) in [6.45, 7) is 5.03. The molecule has 3 aromatic rings. The molecular formula is C21H18O5S. The molecule has 5 nitrogen and oxygen atoms in total. The lowest BCUT2D eigenvalue weighted by molar-refractivity contribution is -0.144. The average Bonchev–Trinajstić information content (AvgIpc) is 2.66. The predicted molar refractivity (Wildman–Crippen MR) is 106 cm³/mol. The van der Waals surface area contributed by atoms with Crippen LogP contribution in [0.15, 0.2) is 59.9 Å². The Balaban J connectivity index is 1.73. The van der Waals surface area contributed by atoms with E-state index in [2.05, 4.69) is 6.58 Å². The first-order valence-electron chi connectivity index (χ1n) is 8.47. The molecule has 1 unspecified atom stereocenters. The van der Waals surface area contributed by atoms with Crippen molar-refractivity contribution in [3.8, 4) is 5.75 Å². The molecule has 0 amide bonds. The number of carbonyl (C=O) groups is 2. The standard InChI is InChI=1S/C21H18O5S/c1-3-19(22)25-13(2)8-11-20(23)26-14-9-10-16-18(12-14)27-17-7-5-4-6-15(17)21(16)24/h3-7,9-10,12-13H,1,8,11H2,2H3. The second kappa shape index (κ2) is 8.14. The van der Waals surface area contributed by atoms with Crippen LogP contribution in [0.3, 0.4) is 0 Å². The molecular weight excluding hydrogens is 364 g/mol. The summed E-state index contributed by atoms with van der Waals surface area (Å²) in [6, 6.07) is 12.4. The van der Waals surface area contributed by atoms with Crippen molar-refractivity contribution in [2.45, 2.75) is 25.9 Å². The number of carbonyl (C=O) groups excluding carboxylic acids is 2. The largest absolute Gasteiger partial charge is 0.460 e. The minimum Gasteiger partial charge on any atom is -0.460 e. The highest BCUT2D eigenvalue weighted by Gasteiger charge is 2.13. The number of fused-ring (bicyclic) bond motifs is 2. The van der Waals surface area contributed by atoms with E-state index in [1.54, 1.807) is 25.1 Å². The third kappa shape index (κ3) is 4.41. The fraction of sp³-hybridized carbons (Fsp3) is 0.190. The molecule has 0 N–H and O–H groups in total. The molecule has 0 aliphatic heterocycles. The van der Waals surface area contributed by atoms with Gasteiger partial charge in [-0.2, -0.15) is 0 Å². The van der Waals surface area contributed by atoms with Gasteiger partial charge < -0.3 is 9.47 Å². The molecule has 2 aromatic carbocycles. The Morgan fingerprint density at radius 1 is 1.15 bits per heavy atom. The van der Waals surface area contributed by atoms with Crippen LogP contribution in [0.1, 0.15) is 19.8 Å². The zero-order chi connectivity index (χ0) is 19.4. The zero-order valence-electron chi connectivity index (χ0n) is 14.8. The molecule has 0 aliphatic rings. The summed E-state index contributed by atoms with van der Waals surface area (Å²) in [6.07, 6.45) is 1.14. The van der Waals surface area contributed by atoms with Gasteiger partial charge in [0.05, 0.1) is 6.10 Å². The summed E-state index contributed by atoms with van der Waals surface area (Å²) in [4.78, 5) is 35.7. The van der Waals surface area contributed by atoms with Crippen LogP contribution in [0, 0.1) is 0 Å². The number of ether oxygens (including phenoxy) is 2. The summed E-state index contributed by atoms with van der Waals surface area (Å²) < 4.78 is 12.0. The number of hydrogen-bond acceptors (Lipinski definition) is 6. The molecule has 3 rings (SSSR count). The lowest BCUT2D eigenvalue weighted by Gasteiger charge is -2.11. The quantitative estimate of drug-likeness (QED) is 0.276. The van der Waals surface area contributed by atoms with E-state index in [4.69, 9.17) is 9.47 Å². The Morgan fingerprint density at radius 2 is 1.89 bits per heavy atom. The molecule has 0 aliphatic carbocycles. The summed E-state index contributed by atoms with van der Waals surface area (Å²) in [5.41, 5.74) is -0.0323. The molecule has 27 heavy (non-hydrogen) atoms. The van der Waals surface area contributed by atoms with Gasteiger partial charge in [0.2, 0.25) is 0 Å². The van der Waals surface area contributed by atoms with Crippen molar-refractivity contribution in [3.63, 3.8) is 0 Å². The lowest BCUT2D eigenvalue weighted by Crippen LogP contribution is -2.16. The highest BCUT2D eigenvalue weighted by Crippen LogP contribution is 2.27. The normalized spacial score (nSPS) is 11.9. The average molecular weight is 382 g/mol. The van der Waals surface area contributed by atoms with Gasteiger partial charge in [-0.1, -0.05) is 18.7 Å². The van der Waals surface area contributed by atoms with Gasteiger partial charge in [-0.25, -0.2) is 4.79 Å². The lowest BCUT2D eigenvalue weighted by atomic mass is 10.2. The number of benzene rings is 2. The van der Waals surface area contributed by atoms with Crippen molar-refractivity contribution in [2.24, 2.45) is 0 Å². The molecule has 0 saturated heterocycles. The SMILES string of the molecule is C=CC(=O)OC(C)CCC(=O)Oc1ccc2c(=O)c3ccccc3sc2c1. The van der Waals surface area contributed by atoms with Gasteiger partial charge in [-0.05, 0) is 43.7 Å². The molecule has 0 radical (unpaired) electrons. The molecule has 0 saturated carbocycles. The number of hydrogen-bond donors (Lipinski definition) is 0. The molecule has 0 spiro atoms. The van der Waals surface area contributed by atoms with Gasteiger partial charge in [0.1, 0.15) is 5.75 Å². The van der Waals surface area contributed by atoms with Crippen LogP contribution in [0.4, 0.5) is 0 Å². The third-order valence-electron chi connectivity index (χ3n) is 4.02. The van der Waals surface area contributed by atoms with Crippen molar-refractivity contribution in [3.05, 3.63) is 65.3 Å². The Kier molecular flexibility index (Phi) is 5.66. The van der Waals surface area contributed by atoms with E-state index in [1.807, 2.05) is 24.3 Å². The number of rotatable bonds is 6. The second-order valence-electron chi connectivity index (χ2n) is 6.05. The maximum absolute atomic E-state index is 12.6. The van der Waals surface area contributed by atoms with Crippen LogP contribution < -0.4 is 10.2 Å². The minimum atomic E-state index is -0.521. The van der Waals surface area contributed by atoms with Crippen LogP contribution in [0.5, 0.6) is 5.75 Å². The van der Waals surface area contributed by atoms with Crippen LogP contribution in [-0.2, 0) is 14.3 Å². The highest BCUT2D eigenvalue weighted by molar-refractivity contribution is 7.24. The second-order valence-corrected chi connectivity index (χ2v) is 7.13. The van der Waals surface area contributed by atoms with E-state index < -0.39 is 18.0 Å². The number of esters is 2. The molecule has 6 heteroatoms. The highest BCUT2D eigenvalue weighted by atomic mass is 32.1. The fourth-order valence-electron chi connectivity index (χ4n) is 2.65. The first-order valence-corrected chi connectivity index (χ1v) is 9.29. The Labute approximate surface area is 159 Å². The van der Waals surface area contributed by atoms with Crippen molar-refractivity contribution >= 4 is 43.4 Å². The van der Waals surface area contributed by atoms with Crippen molar-refractivity contribution < 1.29 is 19.1 Å². The molecule has 138 valence electrons. The summed E-state index contributed by atoms with van der Waals surface area (Å²) >= 11 is 1.48. The van der Waals surface area contributed by atoms with Crippen LogP contribution in [0.2, 0.25) is 0 Å². The van der Waals surface area contributed by atoms with Crippen LogP contribution >= 0.6 is 11.3 Å². The molecule has 1 atom stereocenters. The van der Waals surface area contributed by atoms with E-state index in [-0.39, 0.29) is 11.8 Å². The Hall–Kier alpha value is -2.99. The maximum Gasteiger partial charge on any atom is 0.330 e. The van der Waals surface area contributed by atoms with Gasteiger partial charge >= 0.3 is 11.9 Å². The van der Waals surface area contributed by atoms with Crippen molar-refractivity contribution in [2.75, 3.05) is 0 Å². The van der Waals surface area contributed by atoms with Crippen molar-refractivity contribution in [1.82, 2.24) is 0 Å². The minimum absolute atomic E-state index is 0.0323. The fourth-order valence-corrected chi connectivity index (χ4v) is 3.75. The van der Waals surface area contributed by atoms with E-state index in [9.17, 15) is 14.4 Å². The summed E-state index contributed by atoms with van der Waals surface area (Å²) in [5, 5.41) is 1.28. The van der Waals surface area contributed by atoms with Gasteiger partial charge in [-0.15, -0.1) is 11.3 Å². The van der Waals surface area contributed by atoms with Gasteiger partial charge in [0.25, 0.3) is 0 Å². The summed E-state index contributed by atoms with van der Waals surface area (Å²) in [5.74, 6) is -0.564. The van der Waals surface area contributed by atoms with E-state index >= 15 is 0 Å². The molecule has 0 fully saturated rings. The third-order valence-corrected chi connectivity index (χ3v) is 5.15. The van der Waals surface area contributed by atoms with E-state index in [0.29, 0.717) is 22.9 Å². The van der Waals surface area contributed by atoms with E-state index in [1.165, 1.54) is 11.3 Å². The van der Waals surface area contributed by atoms with Crippen LogP contribution in [-0.4, -0.2) is 18.0 Å². The maximum atomic E-state index is 12.6.